The number of fused-ring (bicyclic) bond motifs is 2. The molecule has 0 saturated heterocycles. The minimum atomic E-state index is -1.01. The number of rotatable bonds is 6. The number of para-hydroxylation sites is 1. The quantitative estimate of drug-likeness (QED) is 0.280. The number of aliphatic hydroxyl groups is 1. The number of aromatic nitrogens is 1. The Balaban J connectivity index is 1.47. The lowest BCUT2D eigenvalue weighted by molar-refractivity contribution is -0.117. The van der Waals surface area contributed by atoms with Crippen molar-refractivity contribution >= 4 is 49.3 Å². The van der Waals surface area contributed by atoms with Crippen LogP contribution in [0.2, 0.25) is 0 Å². The van der Waals surface area contributed by atoms with Crippen molar-refractivity contribution in [1.29, 1.82) is 0 Å². The van der Waals surface area contributed by atoms with E-state index >= 15 is 0 Å². The number of thiazole rings is 1. The lowest BCUT2D eigenvalue weighted by atomic mass is 10.00. The molecule has 9 heteroatoms. The highest BCUT2D eigenvalue weighted by atomic mass is 32.1. The number of carbonyl (C=O) groups is 2. The number of hydrogen-bond donors (Lipinski definition) is 1. The Hall–Kier alpha value is -4.37. The lowest BCUT2D eigenvalue weighted by Gasteiger charge is -2.21. The summed E-state index contributed by atoms with van der Waals surface area (Å²) in [5, 5.41) is 12.0. The standard InChI is InChI=1S/C27H20N2O6S/c1-3-33-16-9-10-17-21(13-16)36-27(28-17)29-23(19-11-8-14(2)34-19)22(25(31)26(29)32)24(30)20-12-15-6-4-5-7-18(15)35-20/h4-13,23,31H,3H2,1-2H3. The van der Waals surface area contributed by atoms with Crippen molar-refractivity contribution in [3.63, 3.8) is 0 Å². The fourth-order valence-electron chi connectivity index (χ4n) is 4.38. The molecule has 1 atom stereocenters. The zero-order valence-corrected chi connectivity index (χ0v) is 20.2. The van der Waals surface area contributed by atoms with Crippen molar-refractivity contribution in [2.75, 3.05) is 11.5 Å². The van der Waals surface area contributed by atoms with Gasteiger partial charge < -0.3 is 18.7 Å². The van der Waals surface area contributed by atoms with Crippen LogP contribution in [-0.2, 0) is 4.79 Å². The third-order valence-electron chi connectivity index (χ3n) is 6.00. The number of amides is 1. The lowest BCUT2D eigenvalue weighted by Crippen LogP contribution is -2.30. The summed E-state index contributed by atoms with van der Waals surface area (Å²) < 4.78 is 18.0. The summed E-state index contributed by atoms with van der Waals surface area (Å²) in [6.07, 6.45) is 0. The van der Waals surface area contributed by atoms with E-state index in [4.69, 9.17) is 13.6 Å². The fraction of sp³-hybridized carbons (Fsp3) is 0.148. The number of ether oxygens (including phenoxy) is 1. The van der Waals surface area contributed by atoms with Gasteiger partial charge in [-0.1, -0.05) is 29.5 Å². The molecule has 4 heterocycles. The van der Waals surface area contributed by atoms with Crippen molar-refractivity contribution in [2.24, 2.45) is 0 Å². The number of benzene rings is 2. The van der Waals surface area contributed by atoms with Crippen molar-refractivity contribution in [2.45, 2.75) is 19.9 Å². The van der Waals surface area contributed by atoms with E-state index in [-0.39, 0.29) is 11.3 Å². The zero-order valence-electron chi connectivity index (χ0n) is 19.3. The first-order valence-corrected chi connectivity index (χ1v) is 12.2. The molecule has 1 N–H and O–H groups in total. The molecular weight excluding hydrogens is 480 g/mol. The van der Waals surface area contributed by atoms with Crippen LogP contribution in [0.3, 0.4) is 0 Å². The van der Waals surface area contributed by atoms with Gasteiger partial charge in [-0.25, -0.2) is 4.98 Å². The molecule has 2 aromatic carbocycles. The van der Waals surface area contributed by atoms with Crippen LogP contribution in [0.25, 0.3) is 21.2 Å². The third kappa shape index (κ3) is 3.47. The van der Waals surface area contributed by atoms with Crippen molar-refractivity contribution in [3.8, 4) is 5.75 Å². The maximum Gasteiger partial charge on any atom is 0.296 e. The predicted octanol–water partition coefficient (Wildman–Crippen LogP) is 6.13. The number of nitrogens with zero attached hydrogens (tertiary/aromatic N) is 2. The maximum atomic E-state index is 13.7. The Bertz CT molecular complexity index is 1660. The number of anilines is 1. The van der Waals surface area contributed by atoms with Gasteiger partial charge in [0.15, 0.2) is 16.7 Å². The third-order valence-corrected chi connectivity index (χ3v) is 7.02. The number of hydrogen-bond acceptors (Lipinski definition) is 8. The van der Waals surface area contributed by atoms with Crippen LogP contribution in [0, 0.1) is 6.92 Å². The van der Waals surface area contributed by atoms with Gasteiger partial charge in [-0.2, -0.15) is 0 Å². The molecule has 0 aliphatic carbocycles. The maximum absolute atomic E-state index is 13.7. The van der Waals surface area contributed by atoms with Crippen LogP contribution >= 0.6 is 11.3 Å². The van der Waals surface area contributed by atoms with Crippen LogP contribution in [0.4, 0.5) is 5.13 Å². The Morgan fingerprint density at radius 3 is 2.72 bits per heavy atom. The molecule has 0 bridgehead atoms. The smallest absolute Gasteiger partial charge is 0.296 e. The number of furan rings is 2. The van der Waals surface area contributed by atoms with Crippen LogP contribution in [-0.4, -0.2) is 28.4 Å². The molecule has 36 heavy (non-hydrogen) atoms. The SMILES string of the molecule is CCOc1ccc2nc(N3C(=O)C(O)=C(C(=O)c4cc5ccccc5o4)C3c3ccc(C)o3)sc2c1. The van der Waals surface area contributed by atoms with E-state index < -0.39 is 23.5 Å². The van der Waals surface area contributed by atoms with Gasteiger partial charge in [0, 0.05) is 5.39 Å². The van der Waals surface area contributed by atoms with Gasteiger partial charge in [0.2, 0.25) is 5.78 Å². The summed E-state index contributed by atoms with van der Waals surface area (Å²) in [7, 11) is 0. The molecule has 0 saturated carbocycles. The second-order valence-electron chi connectivity index (χ2n) is 8.32. The average Bonchev–Trinajstić information content (AvgIpc) is 3.63. The van der Waals surface area contributed by atoms with Crippen molar-refractivity contribution < 1.29 is 28.3 Å². The summed E-state index contributed by atoms with van der Waals surface area (Å²) in [6.45, 7) is 4.19. The first-order valence-electron chi connectivity index (χ1n) is 11.3. The topological polar surface area (TPSA) is 106 Å². The number of aryl methyl sites for hydroxylation is 1. The fourth-order valence-corrected chi connectivity index (χ4v) is 5.40. The van der Waals surface area contributed by atoms with Crippen molar-refractivity contribution in [3.05, 3.63) is 89.3 Å². The molecule has 1 aliphatic heterocycles. The van der Waals surface area contributed by atoms with Crippen LogP contribution in [0.1, 0.15) is 35.0 Å². The molecule has 180 valence electrons. The number of ketones is 1. The van der Waals surface area contributed by atoms with E-state index in [1.54, 1.807) is 49.4 Å². The molecule has 3 aromatic heterocycles. The molecular formula is C27H20N2O6S. The second kappa shape index (κ2) is 8.39. The Labute approximate surface area is 209 Å². The summed E-state index contributed by atoms with van der Waals surface area (Å²) in [4.78, 5) is 33.0. The Morgan fingerprint density at radius 1 is 1.14 bits per heavy atom. The van der Waals surface area contributed by atoms with E-state index in [2.05, 4.69) is 4.98 Å². The van der Waals surface area contributed by atoms with E-state index in [1.807, 2.05) is 25.1 Å². The molecule has 1 aliphatic rings. The van der Waals surface area contributed by atoms with E-state index in [1.165, 1.54) is 16.2 Å². The molecule has 6 rings (SSSR count). The van der Waals surface area contributed by atoms with Gasteiger partial charge in [0.25, 0.3) is 5.91 Å². The first-order chi connectivity index (χ1) is 17.4. The van der Waals surface area contributed by atoms with E-state index in [9.17, 15) is 14.7 Å². The summed E-state index contributed by atoms with van der Waals surface area (Å²) in [5.41, 5.74) is 1.07. The average molecular weight is 501 g/mol. The minimum absolute atomic E-state index is 0.0198. The molecule has 0 radical (unpaired) electrons. The summed E-state index contributed by atoms with van der Waals surface area (Å²) in [6, 6.07) is 16.7. The van der Waals surface area contributed by atoms with Gasteiger partial charge in [0.1, 0.15) is 28.9 Å². The minimum Gasteiger partial charge on any atom is -0.503 e. The Kier molecular flexibility index (Phi) is 5.15. The predicted molar refractivity (Wildman–Crippen MR) is 135 cm³/mol. The normalized spacial score (nSPS) is 16.0. The van der Waals surface area contributed by atoms with Crippen LogP contribution in [0.5, 0.6) is 5.75 Å². The number of carbonyl (C=O) groups excluding carboxylic acids is 2. The molecule has 8 nitrogen and oxygen atoms in total. The first kappa shape index (κ1) is 22.1. The summed E-state index contributed by atoms with van der Waals surface area (Å²) in [5.74, 6) is -0.354. The molecule has 0 fully saturated rings. The van der Waals surface area contributed by atoms with Gasteiger partial charge in [-0.3, -0.25) is 14.5 Å². The molecule has 1 unspecified atom stereocenters. The largest absolute Gasteiger partial charge is 0.503 e. The van der Waals surface area contributed by atoms with Crippen LogP contribution in [0.15, 0.2) is 80.8 Å². The molecule has 5 aromatic rings. The van der Waals surface area contributed by atoms with E-state index in [0.717, 1.165) is 10.1 Å². The Morgan fingerprint density at radius 2 is 1.97 bits per heavy atom. The van der Waals surface area contributed by atoms with E-state index in [0.29, 0.717) is 40.1 Å². The van der Waals surface area contributed by atoms with Gasteiger partial charge in [-0.15, -0.1) is 0 Å². The van der Waals surface area contributed by atoms with Crippen LogP contribution < -0.4 is 9.64 Å². The van der Waals surface area contributed by atoms with Crippen molar-refractivity contribution in [1.82, 2.24) is 4.98 Å². The zero-order chi connectivity index (χ0) is 25.0. The molecule has 1 amide bonds. The number of Topliss-reactive ketones (excluding diaryl/α,β-unsaturated/α-hetero) is 1. The molecule has 0 spiro atoms. The highest BCUT2D eigenvalue weighted by Crippen LogP contribution is 2.45. The highest BCUT2D eigenvalue weighted by Gasteiger charge is 2.48. The highest BCUT2D eigenvalue weighted by molar-refractivity contribution is 7.22. The second-order valence-corrected chi connectivity index (χ2v) is 9.33. The number of aliphatic hydroxyl groups excluding tert-OH is 1. The van der Waals surface area contributed by atoms with Gasteiger partial charge in [-0.05, 0) is 56.3 Å². The van der Waals surface area contributed by atoms with Gasteiger partial charge in [0.05, 0.1) is 22.4 Å². The summed E-state index contributed by atoms with van der Waals surface area (Å²) >= 11 is 1.26. The monoisotopic (exact) mass is 500 g/mol. The van der Waals surface area contributed by atoms with Gasteiger partial charge >= 0.3 is 0 Å².